The molecule has 9 heteroatoms. The summed E-state index contributed by atoms with van der Waals surface area (Å²) in [6.07, 6.45) is 5.87. The van der Waals surface area contributed by atoms with Crippen molar-refractivity contribution in [3.05, 3.63) is 35.8 Å². The number of rotatable bonds is 4. The van der Waals surface area contributed by atoms with E-state index in [0.29, 0.717) is 29.1 Å². The topological polar surface area (TPSA) is 140 Å². The van der Waals surface area contributed by atoms with Crippen molar-refractivity contribution in [2.24, 2.45) is 5.73 Å². The molecule has 2 bridgehead atoms. The smallest absolute Gasteiger partial charge is 0.271 e. The van der Waals surface area contributed by atoms with Crippen LogP contribution in [0.2, 0.25) is 0 Å². The Morgan fingerprint density at radius 2 is 2.04 bits per heavy atom. The number of carbonyl (C=O) groups is 1. The minimum atomic E-state index is -0.589. The Balaban J connectivity index is 1.41. The van der Waals surface area contributed by atoms with Crippen LogP contribution in [0.5, 0.6) is 0 Å². The normalized spacial score (nSPS) is 23.7. The van der Waals surface area contributed by atoms with Crippen LogP contribution in [-0.4, -0.2) is 44.2 Å². The standard InChI is InChI=1S/C19H20N8O/c20-9-10-1-4-15(23-10)27-12-2-3-13(27)8-11(7-12)24-16-14-5-6-22-19(14)26-25-17(16)18(21)28/h1,4-6,11-13,23H,2-3,7-8H2,(H2,21,28)(H2,22,24,26). The number of piperidine rings is 1. The summed E-state index contributed by atoms with van der Waals surface area (Å²) in [6.45, 7) is 0. The average Bonchev–Trinajstić information content (AvgIpc) is 3.39. The Morgan fingerprint density at radius 1 is 1.25 bits per heavy atom. The van der Waals surface area contributed by atoms with Crippen molar-refractivity contribution in [1.29, 1.82) is 5.26 Å². The highest BCUT2D eigenvalue weighted by Crippen LogP contribution is 2.40. The fourth-order valence-corrected chi connectivity index (χ4v) is 4.73. The van der Waals surface area contributed by atoms with Gasteiger partial charge >= 0.3 is 0 Å². The number of carbonyl (C=O) groups excluding carboxylic acids is 1. The summed E-state index contributed by atoms with van der Waals surface area (Å²) in [5.74, 6) is 0.424. The van der Waals surface area contributed by atoms with Gasteiger partial charge in [-0.25, -0.2) is 0 Å². The molecule has 1 amide bonds. The lowest BCUT2D eigenvalue weighted by atomic mass is 9.96. The number of amides is 1. The molecule has 2 unspecified atom stereocenters. The van der Waals surface area contributed by atoms with Crippen LogP contribution in [-0.2, 0) is 0 Å². The summed E-state index contributed by atoms with van der Waals surface area (Å²) < 4.78 is 0. The average molecular weight is 376 g/mol. The van der Waals surface area contributed by atoms with Crippen molar-refractivity contribution in [2.45, 2.75) is 43.8 Å². The molecule has 3 aromatic rings. The lowest BCUT2D eigenvalue weighted by molar-refractivity contribution is 0.0995. The highest BCUT2D eigenvalue weighted by Gasteiger charge is 2.41. The Bertz CT molecular complexity index is 1080. The zero-order valence-corrected chi connectivity index (χ0v) is 15.1. The minimum Gasteiger partial charge on any atom is -0.380 e. The molecule has 0 aliphatic carbocycles. The zero-order chi connectivity index (χ0) is 19.3. The van der Waals surface area contributed by atoms with Gasteiger partial charge in [-0.05, 0) is 43.9 Å². The summed E-state index contributed by atoms with van der Waals surface area (Å²) in [5.41, 5.74) is 7.57. The van der Waals surface area contributed by atoms with Crippen LogP contribution in [0, 0.1) is 11.3 Å². The van der Waals surface area contributed by atoms with Crippen LogP contribution >= 0.6 is 0 Å². The molecule has 0 spiro atoms. The second-order valence-electron chi connectivity index (χ2n) is 7.50. The largest absolute Gasteiger partial charge is 0.380 e. The number of aromatic amines is 2. The molecule has 5 rings (SSSR count). The number of nitriles is 1. The third kappa shape index (κ3) is 2.57. The summed E-state index contributed by atoms with van der Waals surface area (Å²) in [7, 11) is 0. The molecular weight excluding hydrogens is 356 g/mol. The Labute approximate surface area is 160 Å². The summed E-state index contributed by atoms with van der Waals surface area (Å²) >= 11 is 0. The van der Waals surface area contributed by atoms with Crippen molar-refractivity contribution >= 4 is 28.4 Å². The molecule has 2 saturated heterocycles. The highest BCUT2D eigenvalue weighted by molar-refractivity contribution is 6.04. The molecule has 2 aliphatic heterocycles. The predicted octanol–water partition coefficient (Wildman–Crippen LogP) is 1.87. The zero-order valence-electron chi connectivity index (χ0n) is 15.1. The number of aromatic nitrogens is 4. The first kappa shape index (κ1) is 16.6. The van der Waals surface area contributed by atoms with Gasteiger partial charge in [0.05, 0.1) is 5.69 Å². The van der Waals surface area contributed by atoms with Gasteiger partial charge in [-0.1, -0.05) is 0 Å². The van der Waals surface area contributed by atoms with Gasteiger partial charge in [-0.2, -0.15) is 5.26 Å². The Hall–Kier alpha value is -3.54. The number of nitrogens with one attached hydrogen (secondary N) is 3. The summed E-state index contributed by atoms with van der Waals surface area (Å²) in [5, 5.41) is 21.5. The number of H-pyrrole nitrogens is 2. The van der Waals surface area contributed by atoms with Crippen LogP contribution in [0.25, 0.3) is 11.0 Å². The van der Waals surface area contributed by atoms with Crippen molar-refractivity contribution in [3.8, 4) is 6.07 Å². The summed E-state index contributed by atoms with van der Waals surface area (Å²) in [4.78, 5) is 20.5. The predicted molar refractivity (Wildman–Crippen MR) is 104 cm³/mol. The van der Waals surface area contributed by atoms with E-state index in [0.717, 1.165) is 36.9 Å². The molecule has 3 aromatic heterocycles. The van der Waals surface area contributed by atoms with Gasteiger partial charge < -0.3 is 25.9 Å². The first-order chi connectivity index (χ1) is 13.6. The fourth-order valence-electron chi connectivity index (χ4n) is 4.73. The van der Waals surface area contributed by atoms with E-state index in [-0.39, 0.29) is 11.7 Å². The molecule has 9 nitrogen and oxygen atoms in total. The van der Waals surface area contributed by atoms with E-state index in [2.05, 4.69) is 36.5 Å². The maximum absolute atomic E-state index is 11.9. The highest BCUT2D eigenvalue weighted by atomic mass is 16.1. The maximum Gasteiger partial charge on any atom is 0.271 e. The number of nitrogens with zero attached hydrogens (tertiary/aromatic N) is 4. The second-order valence-corrected chi connectivity index (χ2v) is 7.50. The fraction of sp³-hybridized carbons (Fsp3) is 0.368. The third-order valence-electron chi connectivity index (χ3n) is 5.87. The molecule has 2 atom stereocenters. The number of primary amides is 1. The SMILES string of the molecule is N#Cc1ccc(N2C3CCC2CC(Nc2c(C(N)=O)nnc4[nH]ccc24)C3)[nH]1. The van der Waals surface area contributed by atoms with E-state index < -0.39 is 5.91 Å². The minimum absolute atomic E-state index is 0.171. The number of hydrogen-bond donors (Lipinski definition) is 4. The Kier molecular flexibility index (Phi) is 3.72. The van der Waals surface area contributed by atoms with E-state index in [1.165, 1.54) is 0 Å². The molecule has 5 N–H and O–H groups in total. The van der Waals surface area contributed by atoms with E-state index >= 15 is 0 Å². The van der Waals surface area contributed by atoms with E-state index in [1.807, 2.05) is 18.2 Å². The lowest BCUT2D eigenvalue weighted by Crippen LogP contribution is -2.47. The number of fused-ring (bicyclic) bond motifs is 3. The van der Waals surface area contributed by atoms with Crippen LogP contribution in [0.3, 0.4) is 0 Å². The van der Waals surface area contributed by atoms with Crippen LogP contribution in [0.4, 0.5) is 11.5 Å². The Morgan fingerprint density at radius 3 is 2.71 bits per heavy atom. The van der Waals surface area contributed by atoms with Crippen LogP contribution in [0.15, 0.2) is 24.4 Å². The van der Waals surface area contributed by atoms with Gasteiger partial charge in [-0.3, -0.25) is 4.79 Å². The molecule has 0 aromatic carbocycles. The van der Waals surface area contributed by atoms with E-state index in [9.17, 15) is 4.79 Å². The van der Waals surface area contributed by atoms with Gasteiger partial charge in [0, 0.05) is 29.7 Å². The first-order valence-corrected chi connectivity index (χ1v) is 9.41. The quantitative estimate of drug-likeness (QED) is 0.548. The number of hydrogen-bond acceptors (Lipinski definition) is 6. The molecule has 142 valence electrons. The van der Waals surface area contributed by atoms with Crippen molar-refractivity contribution in [2.75, 3.05) is 10.2 Å². The molecular formula is C19H20N8O. The maximum atomic E-state index is 11.9. The number of anilines is 2. The molecule has 5 heterocycles. The lowest BCUT2D eigenvalue weighted by Gasteiger charge is -2.40. The van der Waals surface area contributed by atoms with Gasteiger partial charge in [0.15, 0.2) is 11.3 Å². The van der Waals surface area contributed by atoms with Crippen LogP contribution < -0.4 is 16.0 Å². The van der Waals surface area contributed by atoms with Crippen molar-refractivity contribution in [1.82, 2.24) is 20.2 Å². The molecule has 28 heavy (non-hydrogen) atoms. The number of nitrogens with two attached hydrogens (primary N) is 1. The first-order valence-electron chi connectivity index (χ1n) is 9.41. The van der Waals surface area contributed by atoms with Crippen molar-refractivity contribution < 1.29 is 4.79 Å². The van der Waals surface area contributed by atoms with Gasteiger partial charge in [0.25, 0.3) is 5.91 Å². The summed E-state index contributed by atoms with van der Waals surface area (Å²) in [6, 6.07) is 8.82. The van der Waals surface area contributed by atoms with Crippen molar-refractivity contribution in [3.63, 3.8) is 0 Å². The second kappa shape index (κ2) is 6.27. The van der Waals surface area contributed by atoms with Gasteiger partial charge in [-0.15, -0.1) is 10.2 Å². The van der Waals surface area contributed by atoms with Crippen LogP contribution in [0.1, 0.15) is 41.9 Å². The molecule has 0 radical (unpaired) electrons. The molecule has 2 fully saturated rings. The molecule has 0 saturated carbocycles. The van der Waals surface area contributed by atoms with Gasteiger partial charge in [0.2, 0.25) is 0 Å². The third-order valence-corrected chi connectivity index (χ3v) is 5.87. The monoisotopic (exact) mass is 376 g/mol. The van der Waals surface area contributed by atoms with E-state index in [4.69, 9.17) is 11.0 Å². The van der Waals surface area contributed by atoms with Gasteiger partial charge in [0.1, 0.15) is 17.6 Å². The van der Waals surface area contributed by atoms with E-state index in [1.54, 1.807) is 6.20 Å². The molecule has 2 aliphatic rings.